The molecule has 20 heavy (non-hydrogen) atoms. The first-order valence-corrected chi connectivity index (χ1v) is 7.31. The zero-order valence-corrected chi connectivity index (χ0v) is 12.2. The maximum Gasteiger partial charge on any atom is 0.184 e. The number of nitrogens with zero attached hydrogens (tertiary/aromatic N) is 3. The summed E-state index contributed by atoms with van der Waals surface area (Å²) in [7, 11) is 0. The van der Waals surface area contributed by atoms with Crippen molar-refractivity contribution in [1.82, 2.24) is 14.8 Å². The maximum absolute atomic E-state index is 5.93. The molecule has 1 aliphatic carbocycles. The third-order valence-corrected chi connectivity index (χ3v) is 3.58. The molecule has 0 amide bonds. The molecule has 0 N–H and O–H groups in total. The van der Waals surface area contributed by atoms with Gasteiger partial charge in [-0.15, -0.1) is 0 Å². The van der Waals surface area contributed by atoms with Crippen LogP contribution in [0, 0.1) is 5.92 Å². The number of hydrogen-bond donors (Lipinski definition) is 0. The Morgan fingerprint density at radius 3 is 2.80 bits per heavy atom. The molecule has 0 spiro atoms. The molecule has 5 heteroatoms. The molecule has 1 fully saturated rings. The van der Waals surface area contributed by atoms with Gasteiger partial charge >= 0.3 is 0 Å². The zero-order valence-electron chi connectivity index (χ0n) is 12.2. The molecule has 5 nitrogen and oxygen atoms in total. The Hall–Kier alpha value is -1.62. The molecule has 0 aliphatic heterocycles. The van der Waals surface area contributed by atoms with Crippen molar-refractivity contribution >= 4 is 0 Å². The Labute approximate surface area is 119 Å². The minimum Gasteiger partial charge on any atom is -0.472 e. The van der Waals surface area contributed by atoms with Crippen LogP contribution in [0.5, 0.6) is 0 Å². The van der Waals surface area contributed by atoms with E-state index in [9.17, 15) is 0 Å². The van der Waals surface area contributed by atoms with E-state index in [-0.39, 0.29) is 12.1 Å². The summed E-state index contributed by atoms with van der Waals surface area (Å²) in [5, 5.41) is 4.63. The second-order valence-electron chi connectivity index (χ2n) is 5.56. The summed E-state index contributed by atoms with van der Waals surface area (Å²) < 4.78 is 13.0. The van der Waals surface area contributed by atoms with Crippen molar-refractivity contribution in [2.24, 2.45) is 5.92 Å². The predicted molar refractivity (Wildman–Crippen MR) is 75.2 cm³/mol. The van der Waals surface area contributed by atoms with Crippen molar-refractivity contribution in [1.29, 1.82) is 0 Å². The van der Waals surface area contributed by atoms with Crippen molar-refractivity contribution in [2.45, 2.75) is 45.8 Å². The van der Waals surface area contributed by atoms with Crippen LogP contribution < -0.4 is 0 Å². The molecule has 3 rings (SSSR count). The summed E-state index contributed by atoms with van der Waals surface area (Å²) in [4.78, 5) is 4.72. The van der Waals surface area contributed by atoms with E-state index in [0.29, 0.717) is 18.3 Å². The number of ether oxygens (including phenoxy) is 1. The Balaban J connectivity index is 1.99. The summed E-state index contributed by atoms with van der Waals surface area (Å²) in [6, 6.07) is 2.15. The minimum absolute atomic E-state index is 0.0653. The van der Waals surface area contributed by atoms with Gasteiger partial charge in [-0.25, -0.2) is 9.67 Å². The van der Waals surface area contributed by atoms with Gasteiger partial charge in [-0.2, -0.15) is 5.10 Å². The predicted octanol–water partition coefficient (Wildman–Crippen LogP) is 3.61. The number of rotatable bonds is 6. The van der Waals surface area contributed by atoms with Crippen LogP contribution in [0.4, 0.5) is 0 Å². The second kappa shape index (κ2) is 5.40. The van der Waals surface area contributed by atoms with Crippen molar-refractivity contribution in [3.63, 3.8) is 0 Å². The molecule has 2 heterocycles. The Morgan fingerprint density at radius 2 is 2.25 bits per heavy atom. The maximum atomic E-state index is 5.93. The molecule has 0 bridgehead atoms. The number of hydrogen-bond acceptors (Lipinski definition) is 4. The highest BCUT2D eigenvalue weighted by Gasteiger charge is 2.37. The summed E-state index contributed by atoms with van der Waals surface area (Å²) in [6.07, 6.45) is 5.83. The molecule has 2 aromatic rings. The largest absolute Gasteiger partial charge is 0.472 e. The van der Waals surface area contributed by atoms with E-state index in [2.05, 4.69) is 18.9 Å². The third kappa shape index (κ3) is 2.50. The van der Waals surface area contributed by atoms with E-state index >= 15 is 0 Å². The highest BCUT2D eigenvalue weighted by Crippen LogP contribution is 2.43. The van der Waals surface area contributed by atoms with Crippen LogP contribution in [0.3, 0.4) is 0 Å². The average molecular weight is 275 g/mol. The fourth-order valence-corrected chi connectivity index (χ4v) is 2.42. The SMILES string of the molecule is CCOC(c1nc(-c2ccoc2)nn1C(C)C)C1CC1. The monoisotopic (exact) mass is 275 g/mol. The molecule has 1 saturated carbocycles. The van der Waals surface area contributed by atoms with Crippen molar-refractivity contribution in [3.05, 3.63) is 24.4 Å². The Kier molecular flexibility index (Phi) is 3.61. The Bertz CT molecular complexity index is 556. The average Bonchev–Trinajstić information content (AvgIpc) is 2.94. The van der Waals surface area contributed by atoms with Crippen LogP contribution in [-0.2, 0) is 4.74 Å². The van der Waals surface area contributed by atoms with Crippen LogP contribution >= 0.6 is 0 Å². The lowest BCUT2D eigenvalue weighted by Gasteiger charge is -2.18. The zero-order chi connectivity index (χ0) is 14.1. The molecule has 2 aromatic heterocycles. The summed E-state index contributed by atoms with van der Waals surface area (Å²) in [6.45, 7) is 6.97. The van der Waals surface area contributed by atoms with Gasteiger partial charge in [-0.1, -0.05) is 0 Å². The fourth-order valence-electron chi connectivity index (χ4n) is 2.42. The van der Waals surface area contributed by atoms with E-state index in [1.165, 1.54) is 12.8 Å². The Morgan fingerprint density at radius 1 is 1.45 bits per heavy atom. The normalized spacial score (nSPS) is 16.8. The lowest BCUT2D eigenvalue weighted by atomic mass is 10.2. The van der Waals surface area contributed by atoms with Gasteiger partial charge in [-0.05, 0) is 45.6 Å². The molecule has 1 aliphatic rings. The van der Waals surface area contributed by atoms with Gasteiger partial charge in [0.15, 0.2) is 11.6 Å². The molecule has 1 unspecified atom stereocenters. The summed E-state index contributed by atoms with van der Waals surface area (Å²) in [5.74, 6) is 2.25. The molecule has 108 valence electrons. The molecule has 0 radical (unpaired) electrons. The minimum atomic E-state index is 0.0653. The van der Waals surface area contributed by atoms with E-state index in [1.807, 2.05) is 17.7 Å². The van der Waals surface area contributed by atoms with Gasteiger partial charge < -0.3 is 9.15 Å². The smallest absolute Gasteiger partial charge is 0.184 e. The first kappa shape index (κ1) is 13.4. The van der Waals surface area contributed by atoms with Crippen molar-refractivity contribution in [2.75, 3.05) is 6.61 Å². The molecule has 1 atom stereocenters. The van der Waals surface area contributed by atoms with Crippen LogP contribution in [-0.4, -0.2) is 21.4 Å². The van der Waals surface area contributed by atoms with E-state index in [4.69, 9.17) is 14.1 Å². The van der Waals surface area contributed by atoms with Gasteiger partial charge in [0, 0.05) is 12.6 Å². The van der Waals surface area contributed by atoms with Crippen molar-refractivity contribution < 1.29 is 9.15 Å². The standard InChI is InChI=1S/C15H21N3O2/c1-4-20-13(11-5-6-11)15-16-14(12-7-8-19-9-12)17-18(15)10(2)3/h7-11,13H,4-6H2,1-3H3. The van der Waals surface area contributed by atoms with E-state index < -0.39 is 0 Å². The first-order chi connectivity index (χ1) is 9.70. The van der Waals surface area contributed by atoms with Crippen LogP contribution in [0.25, 0.3) is 11.4 Å². The quantitative estimate of drug-likeness (QED) is 0.808. The summed E-state index contributed by atoms with van der Waals surface area (Å²) >= 11 is 0. The fraction of sp³-hybridized carbons (Fsp3) is 0.600. The summed E-state index contributed by atoms with van der Waals surface area (Å²) in [5.41, 5.74) is 0.914. The topological polar surface area (TPSA) is 53.1 Å². The van der Waals surface area contributed by atoms with Gasteiger partial charge in [0.05, 0.1) is 11.8 Å². The highest BCUT2D eigenvalue weighted by molar-refractivity contribution is 5.52. The van der Waals surface area contributed by atoms with Gasteiger partial charge in [-0.3, -0.25) is 0 Å². The number of furan rings is 1. The molecule has 0 aromatic carbocycles. The van der Waals surface area contributed by atoms with E-state index in [0.717, 1.165) is 11.4 Å². The lowest BCUT2D eigenvalue weighted by Crippen LogP contribution is -2.16. The van der Waals surface area contributed by atoms with Gasteiger partial charge in [0.1, 0.15) is 12.4 Å². The van der Waals surface area contributed by atoms with Crippen LogP contribution in [0.1, 0.15) is 51.6 Å². The second-order valence-corrected chi connectivity index (χ2v) is 5.56. The first-order valence-electron chi connectivity index (χ1n) is 7.31. The lowest BCUT2D eigenvalue weighted by molar-refractivity contribution is 0.0359. The third-order valence-electron chi connectivity index (χ3n) is 3.58. The molecular formula is C15H21N3O2. The highest BCUT2D eigenvalue weighted by atomic mass is 16.5. The number of aromatic nitrogens is 3. The van der Waals surface area contributed by atoms with Crippen LogP contribution in [0.2, 0.25) is 0 Å². The van der Waals surface area contributed by atoms with Crippen LogP contribution in [0.15, 0.2) is 23.0 Å². The van der Waals surface area contributed by atoms with Crippen molar-refractivity contribution in [3.8, 4) is 11.4 Å². The van der Waals surface area contributed by atoms with Gasteiger partial charge in [0.25, 0.3) is 0 Å². The molecular weight excluding hydrogens is 254 g/mol. The molecule has 0 saturated heterocycles. The van der Waals surface area contributed by atoms with E-state index in [1.54, 1.807) is 12.5 Å². The van der Waals surface area contributed by atoms with Gasteiger partial charge in [0.2, 0.25) is 0 Å².